The lowest BCUT2D eigenvalue weighted by atomic mass is 9.86. The third-order valence-corrected chi connectivity index (χ3v) is 4.05. The number of aromatic nitrogens is 1. The number of fused-ring (bicyclic) bond motifs is 1. The average molecular weight is 348 g/mol. The Hall–Kier alpha value is -2.37. The molecule has 0 aliphatic carbocycles. The smallest absolute Gasteiger partial charge is 0.422 e. The van der Waals surface area contributed by atoms with Gasteiger partial charge in [0.1, 0.15) is 5.75 Å². The van der Waals surface area contributed by atoms with Gasteiger partial charge in [0.25, 0.3) is 0 Å². The molecule has 6 heteroatoms. The maximum absolute atomic E-state index is 12.4. The van der Waals surface area contributed by atoms with Crippen molar-refractivity contribution >= 4 is 11.4 Å². The molecule has 0 bridgehead atoms. The van der Waals surface area contributed by atoms with E-state index in [0.29, 0.717) is 17.7 Å². The zero-order chi connectivity index (χ0) is 18.2. The Kier molecular flexibility index (Phi) is 4.31. The molecule has 1 aromatic heterocycles. The van der Waals surface area contributed by atoms with Gasteiger partial charge in [-0.2, -0.15) is 13.2 Å². The van der Waals surface area contributed by atoms with Crippen LogP contribution in [-0.4, -0.2) is 23.5 Å². The van der Waals surface area contributed by atoms with Crippen LogP contribution in [0.2, 0.25) is 0 Å². The van der Waals surface area contributed by atoms with E-state index in [-0.39, 0.29) is 11.2 Å². The van der Waals surface area contributed by atoms with E-state index in [1.165, 1.54) is 18.0 Å². The predicted octanol–water partition coefficient (Wildman–Crippen LogP) is 5.00. The summed E-state index contributed by atoms with van der Waals surface area (Å²) in [6.45, 7) is 5.03. The maximum Gasteiger partial charge on any atom is 0.422 e. The highest BCUT2D eigenvalue weighted by atomic mass is 19.4. The number of nitrogens with zero attached hydrogens (tertiary/aromatic N) is 2. The number of ether oxygens (including phenoxy) is 1. The molecule has 1 aromatic carbocycles. The van der Waals surface area contributed by atoms with Crippen LogP contribution in [0.3, 0.4) is 0 Å². The van der Waals surface area contributed by atoms with E-state index in [2.05, 4.69) is 36.8 Å². The Morgan fingerprint density at radius 3 is 2.56 bits per heavy atom. The molecule has 0 saturated heterocycles. The molecule has 0 atom stereocenters. The zero-order valence-electron chi connectivity index (χ0n) is 14.3. The number of pyridine rings is 1. The Morgan fingerprint density at radius 2 is 1.88 bits per heavy atom. The van der Waals surface area contributed by atoms with Crippen LogP contribution in [-0.2, 0) is 11.8 Å². The molecule has 0 N–H and O–H groups in total. The molecule has 0 spiro atoms. The van der Waals surface area contributed by atoms with E-state index >= 15 is 0 Å². The van der Waals surface area contributed by atoms with Crippen molar-refractivity contribution in [2.24, 2.45) is 4.99 Å². The maximum atomic E-state index is 12.4. The predicted molar refractivity (Wildman–Crippen MR) is 90.8 cm³/mol. The lowest BCUT2D eigenvalue weighted by Crippen LogP contribution is -2.20. The summed E-state index contributed by atoms with van der Waals surface area (Å²) in [5.74, 6) is 0.0995. The van der Waals surface area contributed by atoms with Gasteiger partial charge in [-0.1, -0.05) is 32.9 Å². The Labute approximate surface area is 144 Å². The Bertz CT molecular complexity index is 820. The molecule has 0 unspecified atom stereocenters. The monoisotopic (exact) mass is 348 g/mol. The van der Waals surface area contributed by atoms with Crippen LogP contribution >= 0.6 is 0 Å². The molecule has 2 heterocycles. The number of alkyl halides is 3. The highest BCUT2D eigenvalue weighted by Gasteiger charge is 2.29. The first-order valence-electron chi connectivity index (χ1n) is 7.98. The number of benzene rings is 1. The fourth-order valence-electron chi connectivity index (χ4n) is 2.70. The van der Waals surface area contributed by atoms with E-state index in [0.717, 1.165) is 11.3 Å². The standard InChI is InChI=1S/C19H19F3N2O/c1-18(2,3)13-5-4-12-8-16(24-15(12)9-13)14-6-7-23-10-17(14)25-11-19(20,21)22/h4-7,9-10H,8,11H2,1-3H3. The lowest BCUT2D eigenvalue weighted by Gasteiger charge is -2.19. The van der Waals surface area contributed by atoms with Crippen LogP contribution in [0, 0.1) is 0 Å². The van der Waals surface area contributed by atoms with Gasteiger partial charge in [0.05, 0.1) is 17.6 Å². The second kappa shape index (κ2) is 6.17. The largest absolute Gasteiger partial charge is 0.482 e. The molecule has 0 radical (unpaired) electrons. The number of hydrogen-bond acceptors (Lipinski definition) is 3. The number of aliphatic imine (C=N–C) groups is 1. The second-order valence-corrected chi connectivity index (χ2v) is 7.10. The van der Waals surface area contributed by atoms with Gasteiger partial charge in [-0.3, -0.25) is 9.98 Å². The quantitative estimate of drug-likeness (QED) is 0.782. The van der Waals surface area contributed by atoms with Gasteiger partial charge in [-0.15, -0.1) is 0 Å². The lowest BCUT2D eigenvalue weighted by molar-refractivity contribution is -0.153. The van der Waals surface area contributed by atoms with E-state index in [1.54, 1.807) is 6.07 Å². The molecule has 0 saturated carbocycles. The second-order valence-electron chi connectivity index (χ2n) is 7.10. The van der Waals surface area contributed by atoms with Crippen molar-refractivity contribution in [3.05, 3.63) is 53.3 Å². The van der Waals surface area contributed by atoms with E-state index in [4.69, 9.17) is 4.74 Å². The summed E-state index contributed by atoms with van der Waals surface area (Å²) in [5.41, 5.74) is 4.33. The zero-order valence-corrected chi connectivity index (χ0v) is 14.3. The third kappa shape index (κ3) is 4.00. The third-order valence-electron chi connectivity index (χ3n) is 4.05. The molecule has 3 rings (SSSR count). The molecular formula is C19H19F3N2O. The molecular weight excluding hydrogens is 329 g/mol. The van der Waals surface area contributed by atoms with Crippen molar-refractivity contribution in [3.63, 3.8) is 0 Å². The Balaban J connectivity index is 1.90. The first-order chi connectivity index (χ1) is 11.6. The first-order valence-corrected chi connectivity index (χ1v) is 7.98. The van der Waals surface area contributed by atoms with Crippen molar-refractivity contribution in [1.29, 1.82) is 0 Å². The normalized spacial score (nSPS) is 14.2. The van der Waals surface area contributed by atoms with Crippen LogP contribution in [0.15, 0.2) is 41.7 Å². The van der Waals surface area contributed by atoms with Crippen molar-refractivity contribution in [1.82, 2.24) is 4.98 Å². The molecule has 0 amide bonds. The van der Waals surface area contributed by atoms with Crippen molar-refractivity contribution in [3.8, 4) is 5.75 Å². The van der Waals surface area contributed by atoms with Gasteiger partial charge in [-0.25, -0.2) is 0 Å². The summed E-state index contributed by atoms with van der Waals surface area (Å²) in [6.07, 6.45) is -1.00. The number of halogens is 3. The van der Waals surface area contributed by atoms with Crippen LogP contribution < -0.4 is 4.74 Å². The van der Waals surface area contributed by atoms with Crippen LogP contribution in [0.25, 0.3) is 0 Å². The molecule has 2 aromatic rings. The minimum atomic E-state index is -4.39. The molecule has 25 heavy (non-hydrogen) atoms. The van der Waals surface area contributed by atoms with Crippen molar-refractivity contribution in [2.75, 3.05) is 6.61 Å². The average Bonchev–Trinajstić information content (AvgIpc) is 2.94. The molecule has 1 aliphatic rings. The van der Waals surface area contributed by atoms with Gasteiger partial charge >= 0.3 is 6.18 Å². The van der Waals surface area contributed by atoms with E-state index < -0.39 is 12.8 Å². The molecule has 3 nitrogen and oxygen atoms in total. The van der Waals surface area contributed by atoms with Crippen molar-refractivity contribution in [2.45, 2.75) is 38.8 Å². The minimum absolute atomic E-state index is 0.00491. The highest BCUT2D eigenvalue weighted by molar-refractivity contribution is 6.08. The van der Waals surface area contributed by atoms with Gasteiger partial charge in [0, 0.05) is 18.2 Å². The highest BCUT2D eigenvalue weighted by Crippen LogP contribution is 2.35. The SMILES string of the molecule is CC(C)(C)c1ccc2c(c1)N=C(c1ccncc1OCC(F)(F)F)C2. The topological polar surface area (TPSA) is 34.5 Å². The van der Waals surface area contributed by atoms with Gasteiger partial charge in [0.2, 0.25) is 0 Å². The van der Waals surface area contributed by atoms with Gasteiger partial charge in [-0.05, 0) is 28.7 Å². The molecule has 1 aliphatic heterocycles. The Morgan fingerprint density at radius 1 is 1.12 bits per heavy atom. The van der Waals surface area contributed by atoms with E-state index in [1.807, 2.05) is 12.1 Å². The van der Waals surface area contributed by atoms with Gasteiger partial charge < -0.3 is 4.74 Å². The summed E-state index contributed by atoms with van der Waals surface area (Å²) in [6, 6.07) is 7.79. The number of hydrogen-bond donors (Lipinski definition) is 0. The molecule has 132 valence electrons. The summed E-state index contributed by atoms with van der Waals surface area (Å²) in [5, 5.41) is 0. The summed E-state index contributed by atoms with van der Waals surface area (Å²) in [4.78, 5) is 8.49. The number of rotatable bonds is 3. The van der Waals surface area contributed by atoms with Gasteiger partial charge in [0.15, 0.2) is 6.61 Å². The minimum Gasteiger partial charge on any atom is -0.482 e. The van der Waals surface area contributed by atoms with Crippen LogP contribution in [0.1, 0.15) is 37.5 Å². The molecule has 0 fully saturated rings. The van der Waals surface area contributed by atoms with Crippen LogP contribution in [0.5, 0.6) is 5.75 Å². The first kappa shape index (κ1) is 17.5. The summed E-state index contributed by atoms with van der Waals surface area (Å²) >= 11 is 0. The fraction of sp³-hybridized carbons (Fsp3) is 0.368. The fourth-order valence-corrected chi connectivity index (χ4v) is 2.70. The van der Waals surface area contributed by atoms with Crippen LogP contribution in [0.4, 0.5) is 18.9 Å². The summed E-state index contributed by atoms with van der Waals surface area (Å²) < 4.78 is 42.3. The van der Waals surface area contributed by atoms with E-state index in [9.17, 15) is 13.2 Å². The summed E-state index contributed by atoms with van der Waals surface area (Å²) in [7, 11) is 0. The van der Waals surface area contributed by atoms with Crippen molar-refractivity contribution < 1.29 is 17.9 Å².